The number of pyridine rings is 1. The van der Waals surface area contributed by atoms with E-state index in [2.05, 4.69) is 10.3 Å². The Hall–Kier alpha value is -3.17. The Morgan fingerprint density at radius 1 is 1.18 bits per heavy atom. The number of anilines is 1. The molecule has 0 spiro atoms. The molecule has 9 heteroatoms. The molecule has 1 atom stereocenters. The number of nitrogens with zero attached hydrogens (tertiary/aromatic N) is 2. The van der Waals surface area contributed by atoms with Crippen molar-refractivity contribution in [2.24, 2.45) is 0 Å². The molecule has 0 aliphatic heterocycles. The first-order chi connectivity index (χ1) is 15.9. The number of aromatic nitrogens is 2. The summed E-state index contributed by atoms with van der Waals surface area (Å²) in [5, 5.41) is 4.73. The number of thiazole rings is 1. The normalized spacial score (nSPS) is 12.0. The van der Waals surface area contributed by atoms with Crippen LogP contribution in [0, 0.1) is 6.92 Å². The quantitative estimate of drug-likeness (QED) is 0.277. The lowest BCUT2D eigenvalue weighted by Crippen LogP contribution is -2.22. The lowest BCUT2D eigenvalue weighted by atomic mass is 10.1. The molecule has 0 aliphatic rings. The number of carbonyl (C=O) groups is 2. The molecule has 0 fully saturated rings. The van der Waals surface area contributed by atoms with Crippen LogP contribution in [-0.4, -0.2) is 40.8 Å². The highest BCUT2D eigenvalue weighted by Crippen LogP contribution is 2.32. The van der Waals surface area contributed by atoms with E-state index >= 15 is 0 Å². The van der Waals surface area contributed by atoms with E-state index in [9.17, 15) is 9.59 Å². The highest BCUT2D eigenvalue weighted by Gasteiger charge is 2.19. The first-order valence-corrected chi connectivity index (χ1v) is 12.1. The summed E-state index contributed by atoms with van der Waals surface area (Å²) in [4.78, 5) is 34.0. The van der Waals surface area contributed by atoms with Gasteiger partial charge in [-0.25, -0.2) is 14.8 Å². The number of esters is 1. The van der Waals surface area contributed by atoms with Crippen LogP contribution < -0.4 is 10.1 Å². The van der Waals surface area contributed by atoms with Gasteiger partial charge in [0.2, 0.25) is 5.91 Å². The van der Waals surface area contributed by atoms with Gasteiger partial charge in [-0.05, 0) is 56.7 Å². The van der Waals surface area contributed by atoms with E-state index in [1.807, 2.05) is 38.1 Å². The van der Waals surface area contributed by atoms with E-state index in [-0.39, 0.29) is 11.9 Å². The third kappa shape index (κ3) is 4.94. The Morgan fingerprint density at radius 3 is 2.76 bits per heavy atom. The number of aryl methyl sites for hydroxylation is 1. The van der Waals surface area contributed by atoms with Gasteiger partial charge in [0.1, 0.15) is 11.3 Å². The number of thioether (sulfide) groups is 1. The smallest absolute Gasteiger partial charge is 0.338 e. The largest absolute Gasteiger partial charge is 0.494 e. The fourth-order valence-electron chi connectivity index (χ4n) is 3.35. The Kier molecular flexibility index (Phi) is 6.80. The van der Waals surface area contributed by atoms with E-state index < -0.39 is 5.25 Å². The summed E-state index contributed by atoms with van der Waals surface area (Å²) in [5.74, 6) is 0.147. The summed E-state index contributed by atoms with van der Waals surface area (Å²) in [5.41, 5.74) is 3.02. The Labute approximate surface area is 199 Å². The number of benzene rings is 2. The number of nitrogens with one attached hydrogen (secondary N) is 1. The summed E-state index contributed by atoms with van der Waals surface area (Å²) in [6, 6.07) is 12.9. The molecule has 4 rings (SSSR count). The van der Waals surface area contributed by atoms with Crippen molar-refractivity contribution in [3.05, 3.63) is 53.6 Å². The third-order valence-electron chi connectivity index (χ3n) is 5.00. The minimum absolute atomic E-state index is 0.177. The molecule has 1 N–H and O–H groups in total. The van der Waals surface area contributed by atoms with Gasteiger partial charge < -0.3 is 14.8 Å². The second-order valence-electron chi connectivity index (χ2n) is 7.31. The molecule has 33 heavy (non-hydrogen) atoms. The molecule has 1 unspecified atom stereocenters. The molecule has 2 aromatic heterocycles. The molecular formula is C24H23N3O4S2. The zero-order valence-corrected chi connectivity index (χ0v) is 20.3. The molecule has 4 aromatic rings. The van der Waals surface area contributed by atoms with E-state index in [1.165, 1.54) is 23.1 Å². The predicted octanol–water partition coefficient (Wildman–Crippen LogP) is 5.46. The van der Waals surface area contributed by atoms with Crippen molar-refractivity contribution in [2.75, 3.05) is 19.0 Å². The number of rotatable bonds is 7. The summed E-state index contributed by atoms with van der Waals surface area (Å²) < 4.78 is 11.3. The number of ether oxygens (including phenoxy) is 2. The van der Waals surface area contributed by atoms with Crippen LogP contribution in [0.4, 0.5) is 5.13 Å². The molecule has 0 radical (unpaired) electrons. The highest BCUT2D eigenvalue weighted by atomic mass is 32.2. The minimum Gasteiger partial charge on any atom is -0.494 e. The van der Waals surface area contributed by atoms with Gasteiger partial charge in [-0.2, -0.15) is 0 Å². The number of carbonyl (C=O) groups excluding carboxylic acids is 2. The predicted molar refractivity (Wildman–Crippen MR) is 133 cm³/mol. The van der Waals surface area contributed by atoms with Gasteiger partial charge in [0.05, 0.1) is 39.8 Å². The van der Waals surface area contributed by atoms with Crippen molar-refractivity contribution in [1.29, 1.82) is 0 Å². The minimum atomic E-state index is -0.397. The van der Waals surface area contributed by atoms with E-state index in [0.29, 0.717) is 28.6 Å². The average molecular weight is 482 g/mol. The maximum absolute atomic E-state index is 12.8. The van der Waals surface area contributed by atoms with Crippen LogP contribution in [-0.2, 0) is 9.53 Å². The van der Waals surface area contributed by atoms with Gasteiger partial charge in [-0.3, -0.25) is 4.79 Å². The average Bonchev–Trinajstić information content (AvgIpc) is 3.20. The van der Waals surface area contributed by atoms with Crippen LogP contribution in [0.15, 0.2) is 47.5 Å². The maximum atomic E-state index is 12.8. The number of amides is 1. The van der Waals surface area contributed by atoms with Crippen molar-refractivity contribution in [1.82, 2.24) is 9.97 Å². The molecule has 0 bridgehead atoms. The molecule has 2 aromatic carbocycles. The van der Waals surface area contributed by atoms with Crippen molar-refractivity contribution < 1.29 is 19.1 Å². The molecule has 7 nitrogen and oxygen atoms in total. The molecule has 1 amide bonds. The zero-order chi connectivity index (χ0) is 23.5. The van der Waals surface area contributed by atoms with Crippen LogP contribution in [0.5, 0.6) is 5.75 Å². The zero-order valence-electron chi connectivity index (χ0n) is 18.7. The molecule has 0 saturated carbocycles. The molecule has 2 heterocycles. The fraction of sp³-hybridized carbons (Fsp3) is 0.250. The molecule has 0 saturated heterocycles. The molecule has 0 aliphatic carbocycles. The Morgan fingerprint density at radius 2 is 2.00 bits per heavy atom. The number of fused-ring (bicyclic) bond motifs is 2. The Balaban J connectivity index is 1.50. The number of para-hydroxylation sites is 1. The van der Waals surface area contributed by atoms with Gasteiger partial charge >= 0.3 is 5.97 Å². The van der Waals surface area contributed by atoms with Crippen LogP contribution in [0.3, 0.4) is 0 Å². The van der Waals surface area contributed by atoms with Gasteiger partial charge in [0.25, 0.3) is 0 Å². The lowest BCUT2D eigenvalue weighted by Gasteiger charge is -2.12. The van der Waals surface area contributed by atoms with Gasteiger partial charge in [0.15, 0.2) is 5.13 Å². The van der Waals surface area contributed by atoms with Crippen molar-refractivity contribution in [3.8, 4) is 5.75 Å². The van der Waals surface area contributed by atoms with Gasteiger partial charge in [-0.15, -0.1) is 0 Å². The lowest BCUT2D eigenvalue weighted by molar-refractivity contribution is -0.115. The number of hydrogen-bond donors (Lipinski definition) is 1. The van der Waals surface area contributed by atoms with E-state index in [4.69, 9.17) is 14.5 Å². The van der Waals surface area contributed by atoms with Crippen molar-refractivity contribution >= 4 is 61.2 Å². The summed E-state index contributed by atoms with van der Waals surface area (Å²) in [6.07, 6.45) is 0. The summed E-state index contributed by atoms with van der Waals surface area (Å²) in [6.45, 7) is 5.93. The SMILES string of the molecule is CCOC(=O)c1ccc2nc(NC(=O)C(C)Sc3cc(C)c4cccc(OC)c4n3)sc2c1. The maximum Gasteiger partial charge on any atom is 0.338 e. The van der Waals surface area contributed by atoms with Crippen LogP contribution in [0.2, 0.25) is 0 Å². The summed E-state index contributed by atoms with van der Waals surface area (Å²) >= 11 is 2.69. The third-order valence-corrected chi connectivity index (χ3v) is 6.95. The van der Waals surface area contributed by atoms with Crippen molar-refractivity contribution in [2.45, 2.75) is 31.0 Å². The standard InChI is InChI=1S/C24H23N3O4S2/c1-5-31-23(29)15-9-10-17-19(12-15)33-24(25-17)27-22(28)14(3)32-20-11-13(2)16-7-6-8-18(30-4)21(16)26-20/h6-12,14H,5H2,1-4H3,(H,25,27,28). The number of methoxy groups -OCH3 is 1. The first kappa shape index (κ1) is 23.0. The van der Waals surface area contributed by atoms with Crippen LogP contribution in [0.1, 0.15) is 29.8 Å². The Bertz CT molecular complexity index is 1350. The first-order valence-electron chi connectivity index (χ1n) is 10.4. The topological polar surface area (TPSA) is 90.4 Å². The van der Waals surface area contributed by atoms with Gasteiger partial charge in [-0.1, -0.05) is 35.2 Å². The fourth-order valence-corrected chi connectivity index (χ4v) is 5.17. The summed E-state index contributed by atoms with van der Waals surface area (Å²) in [7, 11) is 1.62. The van der Waals surface area contributed by atoms with E-state index in [0.717, 1.165) is 26.2 Å². The monoisotopic (exact) mass is 481 g/mol. The molecule has 170 valence electrons. The highest BCUT2D eigenvalue weighted by molar-refractivity contribution is 8.00. The van der Waals surface area contributed by atoms with Crippen LogP contribution in [0.25, 0.3) is 21.1 Å². The van der Waals surface area contributed by atoms with Crippen LogP contribution >= 0.6 is 23.1 Å². The second kappa shape index (κ2) is 9.76. The van der Waals surface area contributed by atoms with E-state index in [1.54, 1.807) is 32.2 Å². The number of hydrogen-bond acceptors (Lipinski definition) is 8. The second-order valence-corrected chi connectivity index (χ2v) is 9.70. The molecular weight excluding hydrogens is 458 g/mol. The van der Waals surface area contributed by atoms with Crippen molar-refractivity contribution in [3.63, 3.8) is 0 Å². The van der Waals surface area contributed by atoms with Gasteiger partial charge in [0, 0.05) is 5.39 Å².